The number of hydrogen-bond donors (Lipinski definition) is 2. The molecule has 2 aliphatic heterocycles. The van der Waals surface area contributed by atoms with Crippen molar-refractivity contribution in [2.45, 2.75) is 25.4 Å². The highest BCUT2D eigenvalue weighted by molar-refractivity contribution is 5.94. The van der Waals surface area contributed by atoms with Gasteiger partial charge in [0.15, 0.2) is 11.5 Å². The molecule has 0 aromatic heterocycles. The minimum atomic E-state index is -4.60. The molecule has 0 bridgehead atoms. The molecular formula is C29H28F4N2O4. The molecule has 2 N–H and O–H groups in total. The van der Waals surface area contributed by atoms with Gasteiger partial charge in [-0.1, -0.05) is 12.0 Å². The van der Waals surface area contributed by atoms with E-state index in [1.807, 2.05) is 0 Å². The molecule has 1 fully saturated rings. The lowest BCUT2D eigenvalue weighted by molar-refractivity contribution is -0.0920. The number of rotatable bonds is 8. The maximum Gasteiger partial charge on any atom is 0.412 e. The van der Waals surface area contributed by atoms with Crippen LogP contribution in [0.1, 0.15) is 35.2 Å². The van der Waals surface area contributed by atoms with Crippen molar-refractivity contribution in [2.24, 2.45) is 5.92 Å². The molecule has 1 amide bonds. The van der Waals surface area contributed by atoms with Crippen molar-refractivity contribution in [2.75, 3.05) is 33.0 Å². The summed E-state index contributed by atoms with van der Waals surface area (Å²) in [5.41, 5.74) is -0.615. The van der Waals surface area contributed by atoms with Crippen molar-refractivity contribution in [3.05, 3.63) is 76.6 Å². The Bertz CT molecular complexity index is 1310. The number of amides is 1. The second-order valence-corrected chi connectivity index (χ2v) is 9.26. The number of hydrogen-bond acceptors (Lipinski definition) is 5. The smallest absolute Gasteiger partial charge is 0.412 e. The van der Waals surface area contributed by atoms with E-state index in [0.29, 0.717) is 30.4 Å². The molecule has 0 saturated carbocycles. The molecule has 10 heteroatoms. The third-order valence-corrected chi connectivity index (χ3v) is 6.81. The summed E-state index contributed by atoms with van der Waals surface area (Å²) in [6, 6.07) is 9.63. The topological polar surface area (TPSA) is 68.8 Å². The summed E-state index contributed by atoms with van der Waals surface area (Å²) in [4.78, 5) is 12.9. The highest BCUT2D eigenvalue weighted by Gasteiger charge is 2.32. The average Bonchev–Trinajstić information content (AvgIpc) is 3.39. The number of piperidine rings is 1. The zero-order valence-electron chi connectivity index (χ0n) is 21.2. The monoisotopic (exact) mass is 544 g/mol. The van der Waals surface area contributed by atoms with Crippen molar-refractivity contribution in [1.82, 2.24) is 10.6 Å². The third-order valence-electron chi connectivity index (χ3n) is 6.81. The molecule has 206 valence electrons. The van der Waals surface area contributed by atoms with Crippen LogP contribution in [0.15, 0.2) is 59.7 Å². The van der Waals surface area contributed by atoms with Crippen LogP contribution in [-0.4, -0.2) is 45.1 Å². The van der Waals surface area contributed by atoms with Crippen LogP contribution in [0.25, 0.3) is 0 Å². The van der Waals surface area contributed by atoms with Gasteiger partial charge in [-0.25, -0.2) is 4.39 Å². The second kappa shape index (κ2) is 12.3. The maximum absolute atomic E-state index is 14.7. The zero-order valence-corrected chi connectivity index (χ0v) is 21.2. The standard InChI is InChI=1S/C29H28F4N2O4/c1-3-4-5-20(18(2)29(31,32)33)15-35-28(36)24-12-19(6-8-25(24)30)23-10-11-34-14-21(23)16-37-22-7-9-26-27(13-22)39-17-38-26/h1,4-9,12-13,21,23,34H,10-11,14-17H2,2H3,(H,35,36)/b5-4-,20-18-/t21-,23-/m0/s1. The van der Waals surface area contributed by atoms with Gasteiger partial charge in [-0.05, 0) is 73.4 Å². The van der Waals surface area contributed by atoms with Crippen LogP contribution in [0.4, 0.5) is 17.6 Å². The van der Waals surface area contributed by atoms with Crippen LogP contribution in [-0.2, 0) is 0 Å². The Hall–Kier alpha value is -3.97. The van der Waals surface area contributed by atoms with Crippen LogP contribution < -0.4 is 24.8 Å². The van der Waals surface area contributed by atoms with E-state index in [1.165, 1.54) is 12.1 Å². The minimum Gasteiger partial charge on any atom is -0.493 e. The van der Waals surface area contributed by atoms with Crippen molar-refractivity contribution in [3.8, 4) is 29.6 Å². The van der Waals surface area contributed by atoms with Crippen LogP contribution in [0.3, 0.4) is 0 Å². The number of terminal acetylenes is 1. The summed E-state index contributed by atoms with van der Waals surface area (Å²) in [5.74, 6) is 2.41. The third kappa shape index (κ3) is 6.92. The van der Waals surface area contributed by atoms with Gasteiger partial charge in [0, 0.05) is 30.6 Å². The second-order valence-electron chi connectivity index (χ2n) is 9.26. The van der Waals surface area contributed by atoms with Gasteiger partial charge in [0.25, 0.3) is 5.91 Å². The molecule has 0 unspecified atom stereocenters. The zero-order chi connectivity index (χ0) is 28.0. The van der Waals surface area contributed by atoms with E-state index in [0.717, 1.165) is 37.6 Å². The molecule has 2 aromatic carbocycles. The van der Waals surface area contributed by atoms with E-state index in [9.17, 15) is 22.4 Å². The number of carbonyl (C=O) groups excluding carboxylic acids is 1. The molecule has 2 aromatic rings. The van der Waals surface area contributed by atoms with Gasteiger partial charge in [-0.2, -0.15) is 13.2 Å². The predicted molar refractivity (Wildman–Crippen MR) is 137 cm³/mol. The molecule has 4 rings (SSSR count). The molecule has 39 heavy (non-hydrogen) atoms. The van der Waals surface area contributed by atoms with Crippen LogP contribution >= 0.6 is 0 Å². The van der Waals surface area contributed by atoms with Gasteiger partial charge in [-0.15, -0.1) is 6.42 Å². The average molecular weight is 545 g/mol. The summed E-state index contributed by atoms with van der Waals surface area (Å²) in [5, 5.41) is 5.73. The highest BCUT2D eigenvalue weighted by atomic mass is 19.4. The SMILES string of the molecule is C#C/C=C\C(CNC(=O)c1cc([C@@H]2CCNC[C@H]2COc2ccc3c(c2)OCO3)ccc1F)=C(/C)C(F)(F)F. The molecule has 1 saturated heterocycles. The number of carbonyl (C=O) groups is 1. The fraction of sp³-hybridized carbons (Fsp3) is 0.345. The van der Waals surface area contributed by atoms with Gasteiger partial charge in [0.05, 0.1) is 12.2 Å². The summed E-state index contributed by atoms with van der Waals surface area (Å²) in [7, 11) is 0. The number of ether oxygens (including phenoxy) is 3. The molecule has 2 heterocycles. The first kappa shape index (κ1) is 28.0. The van der Waals surface area contributed by atoms with Gasteiger partial charge in [0.1, 0.15) is 11.6 Å². The number of fused-ring (bicyclic) bond motifs is 1. The van der Waals surface area contributed by atoms with E-state index in [-0.39, 0.29) is 29.8 Å². The lowest BCUT2D eigenvalue weighted by atomic mass is 9.81. The Morgan fingerprint density at radius 2 is 2.03 bits per heavy atom. The first-order valence-electron chi connectivity index (χ1n) is 12.4. The van der Waals surface area contributed by atoms with Crippen molar-refractivity contribution in [3.63, 3.8) is 0 Å². The number of benzene rings is 2. The van der Waals surface area contributed by atoms with Crippen molar-refractivity contribution < 1.29 is 36.6 Å². The van der Waals surface area contributed by atoms with Crippen LogP contribution in [0.5, 0.6) is 17.2 Å². The number of halogens is 4. The van der Waals surface area contributed by atoms with Gasteiger partial charge in [0.2, 0.25) is 6.79 Å². The van der Waals surface area contributed by atoms with Gasteiger partial charge in [-0.3, -0.25) is 4.79 Å². The molecule has 0 radical (unpaired) electrons. The van der Waals surface area contributed by atoms with Crippen molar-refractivity contribution >= 4 is 5.91 Å². The highest BCUT2D eigenvalue weighted by Crippen LogP contribution is 2.36. The minimum absolute atomic E-state index is 0.0171. The quantitative estimate of drug-likeness (QED) is 0.274. The number of alkyl halides is 3. The summed E-state index contributed by atoms with van der Waals surface area (Å²) >= 11 is 0. The van der Waals surface area contributed by atoms with E-state index in [1.54, 1.807) is 24.3 Å². The Kier molecular flexibility index (Phi) is 8.82. The maximum atomic E-state index is 14.7. The Balaban J connectivity index is 1.47. The van der Waals surface area contributed by atoms with Crippen LogP contribution in [0, 0.1) is 24.1 Å². The summed E-state index contributed by atoms with van der Waals surface area (Å²) in [6.45, 7) is 2.34. The molecule has 6 nitrogen and oxygen atoms in total. The fourth-order valence-electron chi connectivity index (χ4n) is 4.57. The van der Waals surface area contributed by atoms with E-state index in [2.05, 4.69) is 16.6 Å². The predicted octanol–water partition coefficient (Wildman–Crippen LogP) is 5.12. The lowest BCUT2D eigenvalue weighted by Gasteiger charge is -2.32. The van der Waals surface area contributed by atoms with E-state index in [4.69, 9.17) is 20.6 Å². The number of allylic oxidation sites excluding steroid dienone is 2. The Labute approximate surface area is 224 Å². The first-order valence-corrected chi connectivity index (χ1v) is 12.4. The Morgan fingerprint density at radius 1 is 1.23 bits per heavy atom. The summed E-state index contributed by atoms with van der Waals surface area (Å²) in [6.07, 6.45) is 3.48. The molecule has 2 atom stereocenters. The first-order chi connectivity index (χ1) is 18.7. The fourth-order valence-corrected chi connectivity index (χ4v) is 4.57. The summed E-state index contributed by atoms with van der Waals surface area (Å²) < 4.78 is 71.1. The molecule has 0 spiro atoms. The van der Waals surface area contributed by atoms with Crippen LogP contribution in [0.2, 0.25) is 0 Å². The molecule has 2 aliphatic rings. The number of nitrogens with one attached hydrogen (secondary N) is 2. The van der Waals surface area contributed by atoms with Gasteiger partial charge >= 0.3 is 6.18 Å². The molecule has 0 aliphatic carbocycles. The van der Waals surface area contributed by atoms with E-state index >= 15 is 0 Å². The van der Waals surface area contributed by atoms with Crippen molar-refractivity contribution in [1.29, 1.82) is 0 Å². The lowest BCUT2D eigenvalue weighted by Crippen LogP contribution is -2.38. The normalized spacial score (nSPS) is 19.4. The molecular weight excluding hydrogens is 516 g/mol. The largest absolute Gasteiger partial charge is 0.493 e. The van der Waals surface area contributed by atoms with E-state index < -0.39 is 30.0 Å². The van der Waals surface area contributed by atoms with Gasteiger partial charge < -0.3 is 24.8 Å². The Morgan fingerprint density at radius 3 is 2.79 bits per heavy atom.